The van der Waals surface area contributed by atoms with Gasteiger partial charge in [-0.15, -0.1) is 0 Å². The molecule has 2 heterocycles. The molecule has 2 aromatic carbocycles. The molecule has 4 N–H and O–H groups in total. The lowest BCUT2D eigenvalue weighted by molar-refractivity contribution is -0.137. The number of aromatic amines is 1. The summed E-state index contributed by atoms with van der Waals surface area (Å²) in [7, 11) is 1.48. The summed E-state index contributed by atoms with van der Waals surface area (Å²) in [6.07, 6.45) is -4.12. The van der Waals surface area contributed by atoms with Crippen LogP contribution in [0.4, 0.5) is 40.0 Å². The third-order valence-corrected chi connectivity index (χ3v) is 5.37. The van der Waals surface area contributed by atoms with E-state index in [1.807, 2.05) is 0 Å². The molecule has 0 saturated carbocycles. The second-order valence-electron chi connectivity index (χ2n) is 7.62. The van der Waals surface area contributed by atoms with Crippen LogP contribution in [0.2, 0.25) is 5.02 Å². The lowest BCUT2D eigenvalue weighted by atomic mass is 10.1. The van der Waals surface area contributed by atoms with E-state index in [1.165, 1.54) is 19.5 Å². The Bertz CT molecular complexity index is 1460. The van der Waals surface area contributed by atoms with Gasteiger partial charge in [-0.2, -0.15) is 18.3 Å². The van der Waals surface area contributed by atoms with Crippen molar-refractivity contribution in [3.8, 4) is 11.3 Å². The van der Waals surface area contributed by atoms with E-state index in [0.717, 1.165) is 12.1 Å². The Morgan fingerprint density at radius 2 is 1.71 bits per heavy atom. The number of carbonyl (C=O) groups is 2. The van der Waals surface area contributed by atoms with E-state index in [4.69, 9.17) is 21.1 Å². The van der Waals surface area contributed by atoms with Crippen molar-refractivity contribution in [2.45, 2.75) is 6.18 Å². The zero-order chi connectivity index (χ0) is 27.3. The van der Waals surface area contributed by atoms with Gasteiger partial charge in [0.15, 0.2) is 5.82 Å². The molecule has 0 unspecified atom stereocenters. The summed E-state index contributed by atoms with van der Waals surface area (Å²) in [5.41, 5.74) is 1.11. The SMILES string of the molecule is COCCOC(=O)Nc1ncnc2c(-c3ccc(NC(=O)Nc4ccc(Cl)c(C(F)(F)F)c4)cc3)n[nH]c12. The molecule has 0 aliphatic heterocycles. The number of nitrogens with zero attached hydrogens (tertiary/aromatic N) is 3. The minimum Gasteiger partial charge on any atom is -0.447 e. The molecule has 0 bridgehead atoms. The Labute approximate surface area is 217 Å². The molecule has 0 fully saturated rings. The van der Waals surface area contributed by atoms with Crippen LogP contribution in [0.3, 0.4) is 0 Å². The normalized spacial score (nSPS) is 11.3. The van der Waals surface area contributed by atoms with E-state index < -0.39 is 28.9 Å². The van der Waals surface area contributed by atoms with E-state index >= 15 is 0 Å². The second-order valence-corrected chi connectivity index (χ2v) is 8.03. The number of nitrogens with one attached hydrogen (secondary N) is 4. The fraction of sp³-hybridized carbons (Fsp3) is 0.174. The zero-order valence-electron chi connectivity index (χ0n) is 19.5. The molecule has 198 valence electrons. The highest BCUT2D eigenvalue weighted by atomic mass is 35.5. The number of hydrogen-bond donors (Lipinski definition) is 4. The topological polar surface area (TPSA) is 143 Å². The number of amides is 3. The number of hydrogen-bond acceptors (Lipinski definition) is 7. The number of anilines is 3. The van der Waals surface area contributed by atoms with Gasteiger partial charge in [0, 0.05) is 24.0 Å². The summed E-state index contributed by atoms with van der Waals surface area (Å²) in [5, 5.41) is 13.9. The number of alkyl halides is 3. The fourth-order valence-electron chi connectivity index (χ4n) is 3.31. The van der Waals surface area contributed by atoms with Gasteiger partial charge in [0.2, 0.25) is 0 Å². The molecule has 3 amide bonds. The van der Waals surface area contributed by atoms with Crippen LogP contribution < -0.4 is 16.0 Å². The lowest BCUT2D eigenvalue weighted by Gasteiger charge is -2.12. The van der Waals surface area contributed by atoms with Crippen molar-refractivity contribution in [3.05, 3.63) is 59.4 Å². The summed E-state index contributed by atoms with van der Waals surface area (Å²) < 4.78 is 48.9. The highest BCUT2D eigenvalue weighted by Crippen LogP contribution is 2.36. The predicted molar refractivity (Wildman–Crippen MR) is 133 cm³/mol. The number of halogens is 4. The van der Waals surface area contributed by atoms with Gasteiger partial charge >= 0.3 is 18.3 Å². The molecular formula is C23H19ClF3N7O4. The van der Waals surface area contributed by atoms with Gasteiger partial charge in [-0.1, -0.05) is 23.7 Å². The maximum absolute atomic E-state index is 13.0. The highest BCUT2D eigenvalue weighted by molar-refractivity contribution is 6.31. The number of carbonyl (C=O) groups excluding carboxylic acids is 2. The fourth-order valence-corrected chi connectivity index (χ4v) is 3.53. The van der Waals surface area contributed by atoms with E-state index in [0.29, 0.717) is 28.0 Å². The third-order valence-electron chi connectivity index (χ3n) is 5.04. The van der Waals surface area contributed by atoms with Crippen molar-refractivity contribution in [2.75, 3.05) is 36.3 Å². The van der Waals surface area contributed by atoms with Gasteiger partial charge in [0.05, 0.1) is 17.2 Å². The van der Waals surface area contributed by atoms with Gasteiger partial charge in [0.25, 0.3) is 0 Å². The monoisotopic (exact) mass is 549 g/mol. The first-order chi connectivity index (χ1) is 18.2. The Balaban J connectivity index is 1.44. The number of methoxy groups -OCH3 is 1. The number of fused-ring (bicyclic) bond motifs is 1. The number of H-pyrrole nitrogens is 1. The van der Waals surface area contributed by atoms with Crippen molar-refractivity contribution >= 4 is 52.0 Å². The molecule has 4 aromatic rings. The maximum atomic E-state index is 13.0. The van der Waals surface area contributed by atoms with Crippen LogP contribution in [-0.2, 0) is 15.7 Å². The molecule has 2 aromatic heterocycles. The van der Waals surface area contributed by atoms with Crippen LogP contribution in [0.15, 0.2) is 48.8 Å². The van der Waals surface area contributed by atoms with E-state index in [9.17, 15) is 22.8 Å². The first kappa shape index (κ1) is 26.6. The number of rotatable bonds is 7. The number of benzene rings is 2. The summed E-state index contributed by atoms with van der Waals surface area (Å²) in [4.78, 5) is 32.5. The van der Waals surface area contributed by atoms with Gasteiger partial charge < -0.3 is 20.1 Å². The number of urea groups is 1. The third kappa shape index (κ3) is 6.27. The van der Waals surface area contributed by atoms with Gasteiger partial charge in [0.1, 0.15) is 29.7 Å². The average Bonchev–Trinajstić information content (AvgIpc) is 3.30. The van der Waals surface area contributed by atoms with Crippen LogP contribution in [0.5, 0.6) is 0 Å². The minimum absolute atomic E-state index is 0.0670. The van der Waals surface area contributed by atoms with E-state index in [2.05, 4.69) is 36.1 Å². The van der Waals surface area contributed by atoms with E-state index in [-0.39, 0.29) is 24.7 Å². The molecule has 38 heavy (non-hydrogen) atoms. The van der Waals surface area contributed by atoms with Gasteiger partial charge in [-0.05, 0) is 30.3 Å². The van der Waals surface area contributed by atoms with Crippen molar-refractivity contribution in [1.29, 1.82) is 0 Å². The Morgan fingerprint density at radius 3 is 2.42 bits per heavy atom. The van der Waals surface area contributed by atoms with Crippen LogP contribution in [-0.4, -0.2) is 52.6 Å². The minimum atomic E-state index is -4.66. The average molecular weight is 550 g/mol. The first-order valence-corrected chi connectivity index (χ1v) is 11.2. The van der Waals surface area contributed by atoms with Crippen LogP contribution in [0, 0.1) is 0 Å². The van der Waals surface area contributed by atoms with Crippen molar-refractivity contribution in [2.24, 2.45) is 0 Å². The predicted octanol–water partition coefficient (Wildman–Crippen LogP) is 5.53. The quantitative estimate of drug-likeness (QED) is 0.222. The second kappa shape index (κ2) is 11.3. The molecule has 15 heteroatoms. The molecular weight excluding hydrogens is 531 g/mol. The molecule has 0 saturated heterocycles. The zero-order valence-corrected chi connectivity index (χ0v) is 20.3. The Hall–Kier alpha value is -4.43. The Kier molecular flexibility index (Phi) is 7.93. The van der Waals surface area contributed by atoms with Gasteiger partial charge in [-0.3, -0.25) is 10.4 Å². The molecule has 0 aliphatic carbocycles. The molecule has 4 rings (SSSR count). The summed E-state index contributed by atoms with van der Waals surface area (Å²) >= 11 is 5.60. The largest absolute Gasteiger partial charge is 0.447 e. The first-order valence-electron chi connectivity index (χ1n) is 10.8. The highest BCUT2D eigenvalue weighted by Gasteiger charge is 2.33. The summed E-state index contributed by atoms with van der Waals surface area (Å²) in [6.45, 7) is 0.310. The number of aromatic nitrogens is 4. The van der Waals surface area contributed by atoms with Crippen molar-refractivity contribution in [1.82, 2.24) is 20.2 Å². The standard InChI is InChI=1S/C23H19ClF3N7O4/c1-37-8-9-38-22(36)32-20-19-18(28-11-29-20)17(33-34-19)12-2-4-13(5-3-12)30-21(35)31-14-6-7-16(24)15(10-14)23(25,26)27/h2-7,10-11H,8-9H2,1H3,(H,33,34)(H2,30,31,35)(H,28,29,32,36). The molecule has 0 radical (unpaired) electrons. The summed E-state index contributed by atoms with van der Waals surface area (Å²) in [5.74, 6) is 0.169. The molecule has 0 aliphatic rings. The van der Waals surface area contributed by atoms with E-state index in [1.54, 1.807) is 24.3 Å². The van der Waals surface area contributed by atoms with Crippen LogP contribution >= 0.6 is 11.6 Å². The summed E-state index contributed by atoms with van der Waals surface area (Å²) in [6, 6.07) is 8.77. The number of ether oxygens (including phenoxy) is 2. The molecule has 0 atom stereocenters. The molecule has 0 spiro atoms. The maximum Gasteiger partial charge on any atom is 0.417 e. The van der Waals surface area contributed by atoms with Crippen molar-refractivity contribution < 1.29 is 32.2 Å². The van der Waals surface area contributed by atoms with Crippen molar-refractivity contribution in [3.63, 3.8) is 0 Å². The van der Waals surface area contributed by atoms with Crippen LogP contribution in [0.25, 0.3) is 22.3 Å². The smallest absolute Gasteiger partial charge is 0.417 e. The van der Waals surface area contributed by atoms with Crippen LogP contribution in [0.1, 0.15) is 5.56 Å². The Morgan fingerprint density at radius 1 is 1.00 bits per heavy atom. The lowest BCUT2D eigenvalue weighted by Crippen LogP contribution is -2.19. The van der Waals surface area contributed by atoms with Gasteiger partial charge in [-0.25, -0.2) is 19.6 Å². The molecule has 11 nitrogen and oxygen atoms in total.